The Labute approximate surface area is 106 Å². The maximum atomic E-state index is 6.21. The lowest BCUT2D eigenvalue weighted by atomic mass is 9.98. The predicted octanol–water partition coefficient (Wildman–Crippen LogP) is 3.29. The summed E-state index contributed by atoms with van der Waals surface area (Å²) < 4.78 is 0. The number of aryl methyl sites for hydroxylation is 1. The summed E-state index contributed by atoms with van der Waals surface area (Å²) in [4.78, 5) is 4.07. The predicted molar refractivity (Wildman–Crippen MR) is 71.1 cm³/mol. The van der Waals surface area contributed by atoms with Crippen molar-refractivity contribution in [2.45, 2.75) is 19.4 Å². The van der Waals surface area contributed by atoms with Crippen molar-refractivity contribution in [2.75, 3.05) is 0 Å². The van der Waals surface area contributed by atoms with Crippen molar-refractivity contribution in [1.29, 1.82) is 0 Å². The average Bonchev–Trinajstić information content (AvgIpc) is 2.29. The Kier molecular flexibility index (Phi) is 3.77. The maximum Gasteiger partial charge on any atom is 0.0408 e. The van der Waals surface area contributed by atoms with Gasteiger partial charge in [0.05, 0.1) is 0 Å². The molecule has 0 saturated heterocycles. The van der Waals surface area contributed by atoms with Crippen LogP contribution >= 0.6 is 11.6 Å². The van der Waals surface area contributed by atoms with Crippen molar-refractivity contribution in [3.05, 3.63) is 64.4 Å². The van der Waals surface area contributed by atoms with Gasteiger partial charge in [-0.15, -0.1) is 0 Å². The summed E-state index contributed by atoms with van der Waals surface area (Å²) in [5.41, 5.74) is 9.63. The average molecular weight is 247 g/mol. The SMILES string of the molecule is Cc1cnccc1C(N)Cc1cccc(Cl)c1. The number of nitrogens with two attached hydrogens (primary N) is 1. The molecular formula is C14H15ClN2. The zero-order valence-corrected chi connectivity index (χ0v) is 10.5. The fraction of sp³-hybridized carbons (Fsp3) is 0.214. The van der Waals surface area contributed by atoms with Crippen LogP contribution in [-0.4, -0.2) is 4.98 Å². The van der Waals surface area contributed by atoms with Gasteiger partial charge < -0.3 is 5.73 Å². The molecule has 0 fully saturated rings. The van der Waals surface area contributed by atoms with Crippen LogP contribution in [0.5, 0.6) is 0 Å². The second-order valence-electron chi connectivity index (χ2n) is 4.17. The Balaban J connectivity index is 2.17. The first-order valence-corrected chi connectivity index (χ1v) is 5.95. The third-order valence-electron chi connectivity index (χ3n) is 2.81. The van der Waals surface area contributed by atoms with E-state index in [1.807, 2.05) is 43.5 Å². The number of hydrogen-bond acceptors (Lipinski definition) is 2. The van der Waals surface area contributed by atoms with Gasteiger partial charge in [0.15, 0.2) is 0 Å². The summed E-state index contributed by atoms with van der Waals surface area (Å²) in [5.74, 6) is 0. The lowest BCUT2D eigenvalue weighted by molar-refractivity contribution is 0.715. The smallest absolute Gasteiger partial charge is 0.0408 e. The molecule has 2 rings (SSSR count). The fourth-order valence-electron chi connectivity index (χ4n) is 1.93. The number of halogens is 1. The number of aromatic nitrogens is 1. The van der Waals surface area contributed by atoms with E-state index in [2.05, 4.69) is 4.98 Å². The molecule has 2 N–H and O–H groups in total. The Morgan fingerprint density at radius 1 is 1.35 bits per heavy atom. The third kappa shape index (κ3) is 3.05. The van der Waals surface area contributed by atoms with Crippen LogP contribution in [0.25, 0.3) is 0 Å². The van der Waals surface area contributed by atoms with Gasteiger partial charge in [-0.1, -0.05) is 23.7 Å². The van der Waals surface area contributed by atoms with E-state index >= 15 is 0 Å². The summed E-state index contributed by atoms with van der Waals surface area (Å²) in [5, 5.41) is 0.751. The van der Waals surface area contributed by atoms with Gasteiger partial charge >= 0.3 is 0 Å². The second-order valence-corrected chi connectivity index (χ2v) is 4.61. The molecule has 1 unspecified atom stereocenters. The first-order chi connectivity index (χ1) is 8.16. The minimum atomic E-state index is -0.0172. The highest BCUT2D eigenvalue weighted by atomic mass is 35.5. The van der Waals surface area contributed by atoms with Crippen molar-refractivity contribution in [2.24, 2.45) is 5.73 Å². The molecule has 0 aliphatic rings. The molecule has 0 bridgehead atoms. The Hall–Kier alpha value is -1.38. The highest BCUT2D eigenvalue weighted by Gasteiger charge is 2.09. The molecule has 1 aromatic heterocycles. The van der Waals surface area contributed by atoms with E-state index in [-0.39, 0.29) is 6.04 Å². The number of rotatable bonds is 3. The van der Waals surface area contributed by atoms with Crippen molar-refractivity contribution in [3.8, 4) is 0 Å². The highest BCUT2D eigenvalue weighted by Crippen LogP contribution is 2.20. The third-order valence-corrected chi connectivity index (χ3v) is 3.04. The quantitative estimate of drug-likeness (QED) is 0.903. The van der Waals surface area contributed by atoms with Gasteiger partial charge in [-0.25, -0.2) is 0 Å². The van der Waals surface area contributed by atoms with Crippen LogP contribution in [0, 0.1) is 6.92 Å². The van der Waals surface area contributed by atoms with E-state index < -0.39 is 0 Å². The zero-order chi connectivity index (χ0) is 12.3. The largest absolute Gasteiger partial charge is 0.324 e. The molecule has 0 amide bonds. The van der Waals surface area contributed by atoms with Crippen molar-refractivity contribution in [1.82, 2.24) is 4.98 Å². The molecule has 3 heteroatoms. The molecule has 0 spiro atoms. The lowest BCUT2D eigenvalue weighted by Gasteiger charge is -2.14. The fourth-order valence-corrected chi connectivity index (χ4v) is 2.14. The van der Waals surface area contributed by atoms with Gasteiger partial charge in [-0.05, 0) is 48.2 Å². The van der Waals surface area contributed by atoms with Crippen LogP contribution in [0.2, 0.25) is 5.02 Å². The highest BCUT2D eigenvalue weighted by molar-refractivity contribution is 6.30. The van der Waals surface area contributed by atoms with E-state index in [0.29, 0.717) is 0 Å². The van der Waals surface area contributed by atoms with Gasteiger partial charge in [0.2, 0.25) is 0 Å². The van der Waals surface area contributed by atoms with E-state index in [1.165, 1.54) is 0 Å². The monoisotopic (exact) mass is 246 g/mol. The lowest BCUT2D eigenvalue weighted by Crippen LogP contribution is -2.14. The van der Waals surface area contributed by atoms with Crippen molar-refractivity contribution >= 4 is 11.6 Å². The maximum absolute atomic E-state index is 6.21. The number of pyridine rings is 1. The van der Waals surface area contributed by atoms with Crippen molar-refractivity contribution in [3.63, 3.8) is 0 Å². The number of nitrogens with zero attached hydrogens (tertiary/aromatic N) is 1. The van der Waals surface area contributed by atoms with Crippen LogP contribution in [0.4, 0.5) is 0 Å². The normalized spacial score (nSPS) is 12.4. The van der Waals surface area contributed by atoms with E-state index in [1.54, 1.807) is 6.20 Å². The van der Waals surface area contributed by atoms with Crippen LogP contribution in [0.3, 0.4) is 0 Å². The van der Waals surface area contributed by atoms with E-state index in [4.69, 9.17) is 17.3 Å². The molecule has 0 aliphatic carbocycles. The summed E-state index contributed by atoms with van der Waals surface area (Å²) in [6, 6.07) is 9.78. The molecule has 2 nitrogen and oxygen atoms in total. The molecular weight excluding hydrogens is 232 g/mol. The standard InChI is InChI=1S/C14H15ClN2/c1-10-9-17-6-5-13(10)14(16)8-11-3-2-4-12(15)7-11/h2-7,9,14H,8,16H2,1H3. The molecule has 17 heavy (non-hydrogen) atoms. The summed E-state index contributed by atoms with van der Waals surface area (Å²) in [6.07, 6.45) is 4.40. The summed E-state index contributed by atoms with van der Waals surface area (Å²) in [6.45, 7) is 2.03. The van der Waals surface area contributed by atoms with Crippen LogP contribution in [0.1, 0.15) is 22.7 Å². The summed E-state index contributed by atoms with van der Waals surface area (Å²) in [7, 11) is 0. The van der Waals surface area contributed by atoms with Crippen LogP contribution < -0.4 is 5.73 Å². The van der Waals surface area contributed by atoms with Crippen LogP contribution in [-0.2, 0) is 6.42 Å². The Bertz CT molecular complexity index is 511. The van der Waals surface area contributed by atoms with E-state index in [0.717, 1.165) is 28.1 Å². The zero-order valence-electron chi connectivity index (χ0n) is 9.73. The molecule has 2 aromatic rings. The van der Waals surface area contributed by atoms with Gasteiger partial charge in [-0.2, -0.15) is 0 Å². The van der Waals surface area contributed by atoms with Gasteiger partial charge in [0.25, 0.3) is 0 Å². The molecule has 0 aliphatic heterocycles. The van der Waals surface area contributed by atoms with Gasteiger partial charge in [0.1, 0.15) is 0 Å². The Morgan fingerprint density at radius 3 is 2.88 bits per heavy atom. The minimum absolute atomic E-state index is 0.0172. The molecule has 88 valence electrons. The first kappa shape index (κ1) is 12.1. The van der Waals surface area contributed by atoms with Crippen molar-refractivity contribution < 1.29 is 0 Å². The summed E-state index contributed by atoms with van der Waals surface area (Å²) >= 11 is 5.95. The molecule has 0 saturated carbocycles. The number of hydrogen-bond donors (Lipinski definition) is 1. The first-order valence-electron chi connectivity index (χ1n) is 5.57. The topological polar surface area (TPSA) is 38.9 Å². The molecule has 1 heterocycles. The Morgan fingerprint density at radius 2 is 2.18 bits per heavy atom. The minimum Gasteiger partial charge on any atom is -0.324 e. The van der Waals surface area contributed by atoms with Gasteiger partial charge in [0, 0.05) is 23.5 Å². The van der Waals surface area contributed by atoms with Crippen LogP contribution in [0.15, 0.2) is 42.7 Å². The molecule has 1 aromatic carbocycles. The second kappa shape index (κ2) is 5.30. The van der Waals surface area contributed by atoms with Gasteiger partial charge in [-0.3, -0.25) is 4.98 Å². The number of benzene rings is 1. The van der Waals surface area contributed by atoms with E-state index in [9.17, 15) is 0 Å². The molecule has 1 atom stereocenters. The molecule has 0 radical (unpaired) electrons.